The SMILES string of the molecule is CN1CCN(C(=O)c2cc(N)cc3c2OCCCO3)CC1. The molecular formula is C15H21N3O3. The second-order valence-corrected chi connectivity index (χ2v) is 5.54. The van der Waals surface area contributed by atoms with Crippen LogP contribution in [-0.4, -0.2) is 62.1 Å². The first kappa shape index (κ1) is 14.0. The summed E-state index contributed by atoms with van der Waals surface area (Å²) in [5.74, 6) is 1.08. The third-order valence-electron chi connectivity index (χ3n) is 3.89. The molecule has 0 aliphatic carbocycles. The van der Waals surface area contributed by atoms with Gasteiger partial charge in [0.1, 0.15) is 0 Å². The summed E-state index contributed by atoms with van der Waals surface area (Å²) in [5, 5.41) is 0. The first-order valence-electron chi connectivity index (χ1n) is 7.32. The van der Waals surface area contributed by atoms with Crippen LogP contribution in [0.5, 0.6) is 11.5 Å². The van der Waals surface area contributed by atoms with E-state index in [0.717, 1.165) is 32.6 Å². The number of carbonyl (C=O) groups is 1. The van der Waals surface area contributed by atoms with Crippen molar-refractivity contribution in [1.82, 2.24) is 9.80 Å². The van der Waals surface area contributed by atoms with Crippen molar-refractivity contribution in [3.05, 3.63) is 17.7 Å². The highest BCUT2D eigenvalue weighted by Gasteiger charge is 2.26. The average Bonchev–Trinajstić information content (AvgIpc) is 2.71. The molecule has 1 amide bonds. The number of nitrogens with zero attached hydrogens (tertiary/aromatic N) is 2. The number of amides is 1. The van der Waals surface area contributed by atoms with E-state index in [-0.39, 0.29) is 5.91 Å². The number of nitrogen functional groups attached to an aromatic ring is 1. The number of rotatable bonds is 1. The van der Waals surface area contributed by atoms with Gasteiger partial charge >= 0.3 is 0 Å². The first-order chi connectivity index (χ1) is 10.1. The Morgan fingerprint density at radius 1 is 1.14 bits per heavy atom. The van der Waals surface area contributed by atoms with E-state index in [1.165, 1.54) is 0 Å². The van der Waals surface area contributed by atoms with Crippen LogP contribution in [0, 0.1) is 0 Å². The first-order valence-corrected chi connectivity index (χ1v) is 7.32. The van der Waals surface area contributed by atoms with Crippen LogP contribution in [0.1, 0.15) is 16.8 Å². The number of fused-ring (bicyclic) bond motifs is 1. The van der Waals surface area contributed by atoms with E-state index in [0.29, 0.717) is 36.0 Å². The minimum Gasteiger partial charge on any atom is -0.489 e. The van der Waals surface area contributed by atoms with Crippen LogP contribution in [0.2, 0.25) is 0 Å². The molecule has 0 aromatic heterocycles. The molecule has 2 heterocycles. The van der Waals surface area contributed by atoms with Gasteiger partial charge in [-0.05, 0) is 13.1 Å². The van der Waals surface area contributed by atoms with Crippen LogP contribution in [-0.2, 0) is 0 Å². The maximum atomic E-state index is 12.8. The van der Waals surface area contributed by atoms with Crippen LogP contribution >= 0.6 is 0 Å². The smallest absolute Gasteiger partial charge is 0.257 e. The second-order valence-electron chi connectivity index (χ2n) is 5.54. The van der Waals surface area contributed by atoms with Crippen LogP contribution in [0.25, 0.3) is 0 Å². The fourth-order valence-electron chi connectivity index (χ4n) is 2.63. The Hall–Kier alpha value is -1.95. The molecule has 0 atom stereocenters. The molecule has 0 bridgehead atoms. The molecule has 1 saturated heterocycles. The zero-order valence-electron chi connectivity index (χ0n) is 12.3. The Morgan fingerprint density at radius 3 is 2.62 bits per heavy atom. The van der Waals surface area contributed by atoms with E-state index in [9.17, 15) is 4.79 Å². The van der Waals surface area contributed by atoms with Crippen LogP contribution in [0.3, 0.4) is 0 Å². The number of hydrogen-bond donors (Lipinski definition) is 1. The molecule has 6 nitrogen and oxygen atoms in total. The van der Waals surface area contributed by atoms with Crippen molar-refractivity contribution < 1.29 is 14.3 Å². The molecule has 0 spiro atoms. The van der Waals surface area contributed by atoms with E-state index in [1.54, 1.807) is 12.1 Å². The van der Waals surface area contributed by atoms with Gasteiger partial charge in [0.05, 0.1) is 18.8 Å². The minimum absolute atomic E-state index is 0.0304. The molecule has 1 aromatic carbocycles. The van der Waals surface area contributed by atoms with E-state index < -0.39 is 0 Å². The number of likely N-dealkylation sites (N-methyl/N-ethyl adjacent to an activating group) is 1. The number of hydrogen-bond acceptors (Lipinski definition) is 5. The van der Waals surface area contributed by atoms with Gasteiger partial charge in [-0.15, -0.1) is 0 Å². The molecular weight excluding hydrogens is 270 g/mol. The molecule has 2 aliphatic rings. The molecule has 1 fully saturated rings. The molecule has 2 aliphatic heterocycles. The highest BCUT2D eigenvalue weighted by molar-refractivity contribution is 5.99. The van der Waals surface area contributed by atoms with Crippen molar-refractivity contribution in [1.29, 1.82) is 0 Å². The van der Waals surface area contributed by atoms with Crippen molar-refractivity contribution in [2.75, 3.05) is 52.2 Å². The van der Waals surface area contributed by atoms with Gasteiger partial charge < -0.3 is 25.0 Å². The molecule has 0 unspecified atom stereocenters. The molecule has 0 saturated carbocycles. The van der Waals surface area contributed by atoms with Crippen molar-refractivity contribution in [3.8, 4) is 11.5 Å². The van der Waals surface area contributed by atoms with Gasteiger partial charge in [-0.2, -0.15) is 0 Å². The van der Waals surface area contributed by atoms with E-state index in [4.69, 9.17) is 15.2 Å². The fraction of sp³-hybridized carbons (Fsp3) is 0.533. The lowest BCUT2D eigenvalue weighted by molar-refractivity contribution is 0.0660. The average molecular weight is 291 g/mol. The third-order valence-corrected chi connectivity index (χ3v) is 3.89. The van der Waals surface area contributed by atoms with Crippen LogP contribution in [0.4, 0.5) is 5.69 Å². The Labute approximate surface area is 124 Å². The van der Waals surface area contributed by atoms with Crippen molar-refractivity contribution >= 4 is 11.6 Å². The number of benzene rings is 1. The van der Waals surface area contributed by atoms with E-state index >= 15 is 0 Å². The van der Waals surface area contributed by atoms with Crippen LogP contribution in [0.15, 0.2) is 12.1 Å². The topological polar surface area (TPSA) is 68.0 Å². The van der Waals surface area contributed by atoms with E-state index in [1.807, 2.05) is 4.90 Å². The number of ether oxygens (including phenoxy) is 2. The third kappa shape index (κ3) is 2.90. The highest BCUT2D eigenvalue weighted by Crippen LogP contribution is 2.36. The lowest BCUT2D eigenvalue weighted by Gasteiger charge is -2.32. The van der Waals surface area contributed by atoms with Gasteiger partial charge in [0, 0.05) is 44.4 Å². The molecule has 0 radical (unpaired) electrons. The maximum Gasteiger partial charge on any atom is 0.257 e. The zero-order valence-corrected chi connectivity index (χ0v) is 12.3. The van der Waals surface area contributed by atoms with Gasteiger partial charge in [-0.1, -0.05) is 0 Å². The fourth-order valence-corrected chi connectivity index (χ4v) is 2.63. The Kier molecular flexibility index (Phi) is 3.88. The van der Waals surface area contributed by atoms with Gasteiger partial charge in [0.15, 0.2) is 11.5 Å². The van der Waals surface area contributed by atoms with Crippen molar-refractivity contribution in [2.45, 2.75) is 6.42 Å². The summed E-state index contributed by atoms with van der Waals surface area (Å²) >= 11 is 0. The van der Waals surface area contributed by atoms with E-state index in [2.05, 4.69) is 11.9 Å². The summed E-state index contributed by atoms with van der Waals surface area (Å²) in [7, 11) is 2.06. The molecule has 1 aromatic rings. The molecule has 21 heavy (non-hydrogen) atoms. The quantitative estimate of drug-likeness (QED) is 0.776. The minimum atomic E-state index is -0.0304. The number of nitrogens with two attached hydrogens (primary N) is 1. The summed E-state index contributed by atoms with van der Waals surface area (Å²) in [6.07, 6.45) is 0.802. The number of carbonyl (C=O) groups excluding carboxylic acids is 1. The Bertz CT molecular complexity index is 539. The zero-order chi connectivity index (χ0) is 14.8. The lowest BCUT2D eigenvalue weighted by atomic mass is 10.1. The standard InChI is InChI=1S/C15H21N3O3/c1-17-3-5-18(6-4-17)15(19)12-9-11(16)10-13-14(12)21-8-2-7-20-13/h9-10H,2-8,16H2,1H3. The number of anilines is 1. The van der Waals surface area contributed by atoms with Gasteiger partial charge in [-0.25, -0.2) is 0 Å². The molecule has 2 N–H and O–H groups in total. The Balaban J connectivity index is 1.90. The molecule has 3 rings (SSSR count). The monoisotopic (exact) mass is 291 g/mol. The number of piperazine rings is 1. The summed E-state index contributed by atoms with van der Waals surface area (Å²) in [6, 6.07) is 3.41. The summed E-state index contributed by atoms with van der Waals surface area (Å²) in [5.41, 5.74) is 6.94. The van der Waals surface area contributed by atoms with Crippen LogP contribution < -0.4 is 15.2 Å². The lowest BCUT2D eigenvalue weighted by Crippen LogP contribution is -2.47. The molecule has 114 valence electrons. The highest BCUT2D eigenvalue weighted by atomic mass is 16.5. The maximum absolute atomic E-state index is 12.8. The van der Waals surface area contributed by atoms with Gasteiger partial charge in [0.25, 0.3) is 5.91 Å². The normalized spacial score (nSPS) is 19.2. The Morgan fingerprint density at radius 2 is 1.86 bits per heavy atom. The largest absolute Gasteiger partial charge is 0.489 e. The summed E-state index contributed by atoms with van der Waals surface area (Å²) < 4.78 is 11.4. The van der Waals surface area contributed by atoms with Crippen molar-refractivity contribution in [3.63, 3.8) is 0 Å². The summed E-state index contributed by atoms with van der Waals surface area (Å²) in [6.45, 7) is 4.35. The van der Waals surface area contributed by atoms with Crippen molar-refractivity contribution in [2.24, 2.45) is 0 Å². The summed E-state index contributed by atoms with van der Waals surface area (Å²) in [4.78, 5) is 16.8. The van der Waals surface area contributed by atoms with Gasteiger partial charge in [0.2, 0.25) is 0 Å². The predicted molar refractivity (Wildman–Crippen MR) is 79.9 cm³/mol. The predicted octanol–water partition coefficient (Wildman–Crippen LogP) is 0.818. The molecule has 6 heteroatoms. The second kappa shape index (κ2) is 5.81. The van der Waals surface area contributed by atoms with Gasteiger partial charge in [-0.3, -0.25) is 4.79 Å².